The van der Waals surface area contributed by atoms with Crippen LogP contribution in [-0.2, 0) is 15.7 Å². The third-order valence-corrected chi connectivity index (χ3v) is 4.47. The van der Waals surface area contributed by atoms with Gasteiger partial charge in [-0.3, -0.25) is 0 Å². The zero-order valence-electron chi connectivity index (χ0n) is 13.1. The molecule has 0 unspecified atom stereocenters. The Morgan fingerprint density at radius 3 is 2.15 bits per heavy atom. The van der Waals surface area contributed by atoms with Crippen LogP contribution in [0.25, 0.3) is 0 Å². The fourth-order valence-corrected chi connectivity index (χ4v) is 2.39. The molecule has 0 bridgehead atoms. The Labute approximate surface area is 123 Å². The summed E-state index contributed by atoms with van der Waals surface area (Å²) in [6.07, 6.45) is 3.01. The Morgan fingerprint density at radius 2 is 1.60 bits per heavy atom. The van der Waals surface area contributed by atoms with Crippen LogP contribution in [0.3, 0.4) is 0 Å². The van der Waals surface area contributed by atoms with E-state index >= 15 is 0 Å². The molecule has 1 aromatic rings. The van der Waals surface area contributed by atoms with E-state index in [1.165, 1.54) is 5.56 Å². The second kappa shape index (κ2) is 5.88. The molecule has 2 N–H and O–H groups in total. The van der Waals surface area contributed by atoms with Gasteiger partial charge >= 0.3 is 7.12 Å². The predicted octanol–water partition coefficient (Wildman–Crippen LogP) is 2.97. The first-order chi connectivity index (χ1) is 9.32. The number of hydrogen-bond acceptors (Lipinski definition) is 3. The topological polar surface area (TPSA) is 44.5 Å². The van der Waals surface area contributed by atoms with E-state index in [9.17, 15) is 0 Å². The number of aryl methyl sites for hydroxylation is 1. The van der Waals surface area contributed by atoms with Crippen LogP contribution in [0.15, 0.2) is 30.3 Å². The molecule has 1 aliphatic heterocycles. The lowest BCUT2D eigenvalue weighted by Gasteiger charge is -2.32. The molecule has 0 saturated carbocycles. The summed E-state index contributed by atoms with van der Waals surface area (Å²) in [7, 11) is -0.296. The van der Waals surface area contributed by atoms with E-state index < -0.39 is 0 Å². The van der Waals surface area contributed by atoms with E-state index in [4.69, 9.17) is 15.0 Å². The van der Waals surface area contributed by atoms with Gasteiger partial charge in [-0.2, -0.15) is 0 Å². The standard InChI is InChI=1S/C16H26BNO2/c1-15(2)16(3,4)20-17(19-15)14(18)12-8-11-13-9-6-5-7-10-13/h5-7,9-10,14H,8,11-12,18H2,1-4H3/t14-/m1/s1. The summed E-state index contributed by atoms with van der Waals surface area (Å²) in [5.41, 5.74) is 7.00. The largest absolute Gasteiger partial charge is 0.475 e. The molecule has 0 aromatic heterocycles. The van der Waals surface area contributed by atoms with Crippen LogP contribution in [0.5, 0.6) is 0 Å². The van der Waals surface area contributed by atoms with Gasteiger partial charge in [0.05, 0.1) is 11.2 Å². The van der Waals surface area contributed by atoms with Gasteiger partial charge in [-0.15, -0.1) is 0 Å². The van der Waals surface area contributed by atoms with Gasteiger partial charge in [-0.1, -0.05) is 30.3 Å². The van der Waals surface area contributed by atoms with Crippen LogP contribution < -0.4 is 5.73 Å². The van der Waals surface area contributed by atoms with Crippen LogP contribution in [0, 0.1) is 0 Å². The number of nitrogens with two attached hydrogens (primary N) is 1. The Bertz CT molecular complexity index is 417. The second-order valence-corrected chi connectivity index (χ2v) is 6.67. The number of hydrogen-bond donors (Lipinski definition) is 1. The lowest BCUT2D eigenvalue weighted by molar-refractivity contribution is 0.00578. The van der Waals surface area contributed by atoms with Gasteiger partial charge in [0.1, 0.15) is 0 Å². The van der Waals surface area contributed by atoms with Gasteiger partial charge in [0.15, 0.2) is 0 Å². The van der Waals surface area contributed by atoms with Gasteiger partial charge < -0.3 is 15.0 Å². The van der Waals surface area contributed by atoms with Crippen molar-refractivity contribution in [1.29, 1.82) is 0 Å². The molecule has 110 valence electrons. The fourth-order valence-electron chi connectivity index (χ4n) is 2.39. The van der Waals surface area contributed by atoms with Crippen molar-refractivity contribution in [3.05, 3.63) is 35.9 Å². The van der Waals surface area contributed by atoms with Crippen LogP contribution in [-0.4, -0.2) is 24.3 Å². The van der Waals surface area contributed by atoms with E-state index in [1.807, 2.05) is 6.07 Å². The lowest BCUT2D eigenvalue weighted by Crippen LogP contribution is -2.41. The van der Waals surface area contributed by atoms with E-state index in [0.717, 1.165) is 19.3 Å². The highest BCUT2D eigenvalue weighted by Crippen LogP contribution is 2.37. The van der Waals surface area contributed by atoms with E-state index in [2.05, 4.69) is 52.0 Å². The van der Waals surface area contributed by atoms with Crippen molar-refractivity contribution in [3.63, 3.8) is 0 Å². The number of benzene rings is 1. The molecule has 0 amide bonds. The highest BCUT2D eigenvalue weighted by Gasteiger charge is 2.52. The maximum atomic E-state index is 6.24. The average molecular weight is 275 g/mol. The maximum Gasteiger partial charge on any atom is 0.475 e. The highest BCUT2D eigenvalue weighted by atomic mass is 16.7. The van der Waals surface area contributed by atoms with Crippen LogP contribution in [0.4, 0.5) is 0 Å². The zero-order chi connectivity index (χ0) is 14.8. The SMILES string of the molecule is CC1(C)OB([C@H](N)CCCc2ccccc2)OC1(C)C. The first kappa shape index (κ1) is 15.6. The molecule has 0 spiro atoms. The van der Waals surface area contributed by atoms with Crippen LogP contribution in [0.1, 0.15) is 46.1 Å². The normalized spacial score (nSPS) is 21.9. The average Bonchev–Trinajstić information content (AvgIpc) is 2.60. The van der Waals surface area contributed by atoms with Crippen molar-refractivity contribution in [1.82, 2.24) is 0 Å². The lowest BCUT2D eigenvalue weighted by atomic mass is 9.76. The van der Waals surface area contributed by atoms with E-state index in [1.54, 1.807) is 0 Å². The second-order valence-electron chi connectivity index (χ2n) is 6.67. The number of rotatable bonds is 5. The molecule has 20 heavy (non-hydrogen) atoms. The molecular weight excluding hydrogens is 249 g/mol. The Hall–Kier alpha value is -0.835. The molecule has 1 fully saturated rings. The van der Waals surface area contributed by atoms with Gasteiger partial charge in [0, 0.05) is 5.94 Å². The summed E-state index contributed by atoms with van der Waals surface area (Å²) in [6.45, 7) is 8.24. The third-order valence-electron chi connectivity index (χ3n) is 4.47. The summed E-state index contributed by atoms with van der Waals surface area (Å²) >= 11 is 0. The molecule has 4 heteroatoms. The Balaban J connectivity index is 1.80. The molecule has 1 saturated heterocycles. The van der Waals surface area contributed by atoms with Crippen LogP contribution in [0.2, 0.25) is 0 Å². The molecule has 1 heterocycles. The van der Waals surface area contributed by atoms with E-state index in [0.29, 0.717) is 0 Å². The summed E-state index contributed by atoms with van der Waals surface area (Å²) in [5, 5.41) is 0. The minimum absolute atomic E-state index is 0.0697. The van der Waals surface area contributed by atoms with Gasteiger partial charge in [-0.05, 0) is 52.5 Å². The smallest absolute Gasteiger partial charge is 0.402 e. The molecular formula is C16H26BNO2. The first-order valence-electron chi connectivity index (χ1n) is 7.47. The molecule has 1 aromatic carbocycles. The predicted molar refractivity (Wildman–Crippen MR) is 83.4 cm³/mol. The monoisotopic (exact) mass is 275 g/mol. The van der Waals surface area contributed by atoms with Crippen molar-refractivity contribution in [2.75, 3.05) is 0 Å². The quantitative estimate of drug-likeness (QED) is 0.840. The van der Waals surface area contributed by atoms with Crippen LogP contribution >= 0.6 is 0 Å². The molecule has 0 aliphatic carbocycles. The third kappa shape index (κ3) is 3.43. The summed E-state index contributed by atoms with van der Waals surface area (Å²) < 4.78 is 12.0. The first-order valence-corrected chi connectivity index (χ1v) is 7.47. The van der Waals surface area contributed by atoms with Crippen molar-refractivity contribution in [2.45, 2.75) is 64.1 Å². The van der Waals surface area contributed by atoms with Gasteiger partial charge in [0.2, 0.25) is 0 Å². The van der Waals surface area contributed by atoms with Crippen molar-refractivity contribution in [3.8, 4) is 0 Å². The molecule has 1 aliphatic rings. The summed E-state index contributed by atoms with van der Waals surface area (Å²) in [4.78, 5) is 0. The minimum Gasteiger partial charge on any atom is -0.402 e. The van der Waals surface area contributed by atoms with Crippen molar-refractivity contribution < 1.29 is 9.31 Å². The zero-order valence-corrected chi connectivity index (χ0v) is 13.1. The molecule has 3 nitrogen and oxygen atoms in total. The summed E-state index contributed by atoms with van der Waals surface area (Å²) in [6, 6.07) is 10.5. The molecule has 2 rings (SSSR count). The maximum absolute atomic E-state index is 6.24. The van der Waals surface area contributed by atoms with Crippen molar-refractivity contribution >= 4 is 7.12 Å². The fraction of sp³-hybridized carbons (Fsp3) is 0.625. The summed E-state index contributed by atoms with van der Waals surface area (Å²) in [5.74, 6) is -0.0697. The molecule has 0 radical (unpaired) electrons. The Kier molecular flexibility index (Phi) is 4.57. The van der Waals surface area contributed by atoms with E-state index in [-0.39, 0.29) is 24.3 Å². The molecule has 1 atom stereocenters. The minimum atomic E-state index is -0.297. The van der Waals surface area contributed by atoms with Gasteiger partial charge in [-0.25, -0.2) is 0 Å². The van der Waals surface area contributed by atoms with Crippen molar-refractivity contribution in [2.24, 2.45) is 5.73 Å². The highest BCUT2D eigenvalue weighted by molar-refractivity contribution is 6.47. The Morgan fingerprint density at radius 1 is 1.05 bits per heavy atom. The van der Waals surface area contributed by atoms with Gasteiger partial charge in [0.25, 0.3) is 0 Å².